The number of alkyl halides is 6. The number of aromatic nitrogens is 4. The second-order valence-electron chi connectivity index (χ2n) is 8.77. The number of amides is 2. The topological polar surface area (TPSA) is 86.6 Å². The number of rotatable bonds is 4. The van der Waals surface area contributed by atoms with Gasteiger partial charge in [-0.05, 0) is 17.7 Å². The quantitative estimate of drug-likeness (QED) is 0.354. The van der Waals surface area contributed by atoms with Gasteiger partial charge in [-0.15, -0.1) is 0 Å². The Bertz CT molecular complexity index is 1560. The molecule has 1 saturated heterocycles. The van der Waals surface area contributed by atoms with Gasteiger partial charge in [0.05, 0.1) is 17.3 Å². The minimum atomic E-state index is -4.83. The Morgan fingerprint density at radius 1 is 1.03 bits per heavy atom. The molecule has 0 unspecified atom stereocenters. The number of piperazine rings is 1. The van der Waals surface area contributed by atoms with Crippen LogP contribution >= 0.6 is 11.6 Å². The molecule has 1 aromatic carbocycles. The summed E-state index contributed by atoms with van der Waals surface area (Å²) in [7, 11) is 0. The highest BCUT2D eigenvalue weighted by atomic mass is 35.5. The Morgan fingerprint density at radius 2 is 1.74 bits per heavy atom. The molecular formula is C24H17ClF6N6O2. The van der Waals surface area contributed by atoms with Crippen LogP contribution in [0.3, 0.4) is 0 Å². The van der Waals surface area contributed by atoms with E-state index >= 15 is 0 Å². The zero-order chi connectivity index (χ0) is 28.1. The van der Waals surface area contributed by atoms with Crippen LogP contribution in [-0.2, 0) is 23.7 Å². The summed E-state index contributed by atoms with van der Waals surface area (Å²) < 4.78 is 82.6. The summed E-state index contributed by atoms with van der Waals surface area (Å²) in [4.78, 5) is 32.1. The highest BCUT2D eigenvalue weighted by molar-refractivity contribution is 6.33. The van der Waals surface area contributed by atoms with Crippen molar-refractivity contribution in [2.45, 2.75) is 18.9 Å². The monoisotopic (exact) mass is 570 g/mol. The summed E-state index contributed by atoms with van der Waals surface area (Å²) >= 11 is 6.32. The molecule has 2 amide bonds. The van der Waals surface area contributed by atoms with E-state index in [4.69, 9.17) is 11.6 Å². The average Bonchev–Trinajstić information content (AvgIpc) is 3.52. The van der Waals surface area contributed by atoms with Gasteiger partial charge in [0, 0.05) is 43.2 Å². The molecule has 204 valence electrons. The van der Waals surface area contributed by atoms with Crippen molar-refractivity contribution >= 4 is 29.1 Å². The first kappa shape index (κ1) is 26.5. The highest BCUT2D eigenvalue weighted by Gasteiger charge is 2.38. The summed E-state index contributed by atoms with van der Waals surface area (Å²) in [5.41, 5.74) is -2.74. The van der Waals surface area contributed by atoms with Crippen molar-refractivity contribution in [3.8, 4) is 11.1 Å². The van der Waals surface area contributed by atoms with Crippen LogP contribution in [-0.4, -0.2) is 60.8 Å². The van der Waals surface area contributed by atoms with Crippen molar-refractivity contribution in [3.05, 3.63) is 76.5 Å². The third-order valence-corrected chi connectivity index (χ3v) is 6.65. The maximum atomic E-state index is 13.9. The third-order valence-electron chi connectivity index (χ3n) is 6.29. The summed E-state index contributed by atoms with van der Waals surface area (Å²) in [5.74, 6) is -1.52. The molecule has 1 aliphatic rings. The van der Waals surface area contributed by atoms with Gasteiger partial charge in [0.15, 0.2) is 11.3 Å². The van der Waals surface area contributed by atoms with Gasteiger partial charge in [0.2, 0.25) is 5.91 Å². The Morgan fingerprint density at radius 3 is 2.38 bits per heavy atom. The molecule has 0 saturated carbocycles. The lowest BCUT2D eigenvalue weighted by Crippen LogP contribution is -2.52. The number of aromatic amines is 1. The molecule has 0 aliphatic carbocycles. The lowest BCUT2D eigenvalue weighted by molar-refractivity contribution is -0.141. The summed E-state index contributed by atoms with van der Waals surface area (Å²) in [5, 5.41) is 5.85. The number of carbonyl (C=O) groups is 2. The first-order valence-corrected chi connectivity index (χ1v) is 11.7. The number of benzene rings is 1. The Balaban J connectivity index is 1.41. The molecule has 1 fully saturated rings. The van der Waals surface area contributed by atoms with E-state index in [1.807, 2.05) is 0 Å². The van der Waals surface area contributed by atoms with Gasteiger partial charge < -0.3 is 9.80 Å². The molecule has 39 heavy (non-hydrogen) atoms. The zero-order valence-corrected chi connectivity index (χ0v) is 20.4. The van der Waals surface area contributed by atoms with Gasteiger partial charge in [-0.3, -0.25) is 19.1 Å². The molecule has 0 radical (unpaired) electrons. The first-order chi connectivity index (χ1) is 18.3. The lowest BCUT2D eigenvalue weighted by atomic mass is 10.1. The number of pyridine rings is 1. The fraction of sp³-hybridized carbons (Fsp3) is 0.250. The van der Waals surface area contributed by atoms with Crippen LogP contribution in [0.4, 0.5) is 26.3 Å². The second-order valence-corrected chi connectivity index (χ2v) is 9.13. The van der Waals surface area contributed by atoms with Crippen LogP contribution in [0.1, 0.15) is 27.2 Å². The molecule has 4 aromatic rings. The standard InChI is InChI=1S/C24H17ClF6N6O2/c25-20-19(34-21-17(24(29,30)31)7-14(11-37(20)21)15-8-32-33-9-15)22(39)36-6-5-35(18(38)12-36)10-13-3-1-2-4-16(13)23(26,27)28/h1-4,7-9,11H,5-6,10,12H2,(H,32,33). The highest BCUT2D eigenvalue weighted by Crippen LogP contribution is 2.37. The Kier molecular flexibility index (Phi) is 6.53. The van der Waals surface area contributed by atoms with Crippen molar-refractivity contribution in [1.82, 2.24) is 29.4 Å². The van der Waals surface area contributed by atoms with E-state index in [0.29, 0.717) is 5.56 Å². The zero-order valence-electron chi connectivity index (χ0n) is 19.6. The molecular weight excluding hydrogens is 554 g/mol. The van der Waals surface area contributed by atoms with Crippen LogP contribution in [0.15, 0.2) is 48.9 Å². The van der Waals surface area contributed by atoms with Crippen molar-refractivity contribution in [2.75, 3.05) is 19.6 Å². The van der Waals surface area contributed by atoms with Crippen LogP contribution in [0.2, 0.25) is 5.15 Å². The number of hydrogen-bond acceptors (Lipinski definition) is 4. The molecule has 15 heteroatoms. The van der Waals surface area contributed by atoms with Crippen molar-refractivity contribution in [2.24, 2.45) is 0 Å². The van der Waals surface area contributed by atoms with E-state index in [2.05, 4.69) is 15.2 Å². The number of fused-ring (bicyclic) bond motifs is 1. The van der Waals surface area contributed by atoms with Gasteiger partial charge in [-0.25, -0.2) is 4.98 Å². The van der Waals surface area contributed by atoms with E-state index in [0.717, 1.165) is 21.4 Å². The third kappa shape index (κ3) is 5.03. The smallest absolute Gasteiger partial charge is 0.335 e. The van der Waals surface area contributed by atoms with Gasteiger partial charge in [0.25, 0.3) is 5.91 Å². The normalized spacial score (nSPS) is 14.9. The molecule has 0 atom stereocenters. The second kappa shape index (κ2) is 9.59. The van der Waals surface area contributed by atoms with E-state index in [1.54, 1.807) is 0 Å². The van der Waals surface area contributed by atoms with Crippen molar-refractivity contribution < 1.29 is 35.9 Å². The summed E-state index contributed by atoms with van der Waals surface area (Å²) in [6, 6.07) is 5.70. The Labute approximate surface area is 220 Å². The number of H-pyrrole nitrogens is 1. The Hall–Kier alpha value is -4.07. The van der Waals surface area contributed by atoms with Gasteiger partial charge in [-0.2, -0.15) is 31.4 Å². The van der Waals surface area contributed by atoms with Crippen LogP contribution < -0.4 is 0 Å². The number of nitrogens with zero attached hydrogens (tertiary/aromatic N) is 5. The number of nitrogens with one attached hydrogen (secondary N) is 1. The molecule has 8 nitrogen and oxygen atoms in total. The van der Waals surface area contributed by atoms with Gasteiger partial charge in [0.1, 0.15) is 11.7 Å². The predicted molar refractivity (Wildman–Crippen MR) is 126 cm³/mol. The molecule has 0 spiro atoms. The van der Waals surface area contributed by atoms with Crippen molar-refractivity contribution in [3.63, 3.8) is 0 Å². The minimum absolute atomic E-state index is 0.0879. The largest absolute Gasteiger partial charge is 0.420 e. The maximum absolute atomic E-state index is 13.9. The number of hydrogen-bond donors (Lipinski definition) is 1. The fourth-order valence-electron chi connectivity index (χ4n) is 4.37. The molecule has 1 N–H and O–H groups in total. The SMILES string of the molecule is O=C1CN(C(=O)c2nc3c(C(F)(F)F)cc(-c4cn[nH]c4)cn3c2Cl)CCN1Cc1ccccc1C(F)(F)F. The molecule has 4 heterocycles. The van der Waals surface area contributed by atoms with Crippen LogP contribution in [0.25, 0.3) is 16.8 Å². The predicted octanol–water partition coefficient (Wildman–Crippen LogP) is 4.90. The maximum Gasteiger partial charge on any atom is 0.420 e. The number of halogens is 7. The molecule has 5 rings (SSSR count). The van der Waals surface area contributed by atoms with E-state index < -0.39 is 53.2 Å². The average molecular weight is 571 g/mol. The summed E-state index contributed by atoms with van der Waals surface area (Å²) in [6.45, 7) is -1.02. The van der Waals surface area contributed by atoms with Crippen molar-refractivity contribution in [1.29, 1.82) is 0 Å². The number of imidazole rings is 1. The molecule has 1 aliphatic heterocycles. The van der Waals surface area contributed by atoms with Gasteiger partial charge in [-0.1, -0.05) is 29.8 Å². The molecule has 3 aromatic heterocycles. The van der Waals surface area contributed by atoms with E-state index in [1.165, 1.54) is 41.7 Å². The molecule has 0 bridgehead atoms. The first-order valence-electron chi connectivity index (χ1n) is 11.3. The number of carbonyl (C=O) groups excluding carboxylic acids is 2. The minimum Gasteiger partial charge on any atom is -0.335 e. The summed E-state index contributed by atoms with van der Waals surface area (Å²) in [6.07, 6.45) is -5.45. The van der Waals surface area contributed by atoms with E-state index in [9.17, 15) is 35.9 Å². The van der Waals surface area contributed by atoms with Gasteiger partial charge >= 0.3 is 12.4 Å². The lowest BCUT2D eigenvalue weighted by Gasteiger charge is -2.34. The van der Waals surface area contributed by atoms with Crippen LogP contribution in [0, 0.1) is 0 Å². The van der Waals surface area contributed by atoms with E-state index in [-0.39, 0.29) is 35.9 Å². The fourth-order valence-corrected chi connectivity index (χ4v) is 4.62. The van der Waals surface area contributed by atoms with Crippen LogP contribution in [0.5, 0.6) is 0 Å².